The molecule has 0 heterocycles. The Bertz CT molecular complexity index is 126. The molecule has 0 saturated heterocycles. The van der Waals surface area contributed by atoms with Crippen LogP contribution in [-0.2, 0) is 0 Å². The molecule has 0 rings (SSSR count). The van der Waals surface area contributed by atoms with E-state index in [-0.39, 0.29) is 0 Å². The summed E-state index contributed by atoms with van der Waals surface area (Å²) in [5.74, 6) is 0. The lowest BCUT2D eigenvalue weighted by Crippen LogP contribution is -1.86. The van der Waals surface area contributed by atoms with E-state index in [4.69, 9.17) is 0 Å². The number of rotatable bonds is 12. The highest BCUT2D eigenvalue weighted by Crippen LogP contribution is 2.17. The van der Waals surface area contributed by atoms with E-state index in [1.54, 1.807) is 0 Å². The topological polar surface area (TPSA) is 0 Å². The largest absolute Gasteiger partial charge is 0.0928 e. The van der Waals surface area contributed by atoms with Gasteiger partial charge >= 0.3 is 0 Å². The molecule has 0 nitrogen and oxygen atoms in total. The van der Waals surface area contributed by atoms with Crippen molar-refractivity contribution in [1.29, 1.82) is 0 Å². The maximum Gasteiger partial charge on any atom is 0.0697 e. The Kier molecular flexibility index (Phi) is 15.8. The van der Waals surface area contributed by atoms with E-state index in [0.717, 1.165) is 0 Å². The van der Waals surface area contributed by atoms with Gasteiger partial charge in [0.15, 0.2) is 0 Å². The molecule has 0 atom stereocenters. The predicted octanol–water partition coefficient (Wildman–Crippen LogP) is 6.79. The molecule has 0 aliphatic carbocycles. The van der Waals surface area contributed by atoms with Crippen LogP contribution < -0.4 is 0 Å². The second-order valence-corrected chi connectivity index (χ2v) is 8.64. The van der Waals surface area contributed by atoms with Crippen molar-refractivity contribution in [2.24, 2.45) is 0 Å². The summed E-state index contributed by atoms with van der Waals surface area (Å²) < 4.78 is 0.523. The van der Waals surface area contributed by atoms with Gasteiger partial charge in [0.1, 0.15) is 0 Å². The fourth-order valence-corrected chi connectivity index (χ4v) is 2.85. The van der Waals surface area contributed by atoms with Crippen LogP contribution in [0.5, 0.6) is 0 Å². The lowest BCUT2D eigenvalue weighted by molar-refractivity contribution is 0.555. The maximum absolute atomic E-state index is 3.51. The lowest BCUT2D eigenvalue weighted by Gasteiger charge is -2.03. The van der Waals surface area contributed by atoms with Gasteiger partial charge in [-0.25, -0.2) is 0 Å². The summed E-state index contributed by atoms with van der Waals surface area (Å²) in [5, 5.41) is 1.18. The summed E-state index contributed by atoms with van der Waals surface area (Å²) in [7, 11) is 0. The first-order valence-electron chi connectivity index (χ1n) is 6.61. The molecule has 16 heavy (non-hydrogen) atoms. The quantitative estimate of drug-likeness (QED) is 0.241. The van der Waals surface area contributed by atoms with Crippen LogP contribution in [0.4, 0.5) is 0 Å². The monoisotopic (exact) mass is 418 g/mol. The number of halogens is 3. The van der Waals surface area contributed by atoms with Crippen molar-refractivity contribution in [3.05, 3.63) is 0 Å². The van der Waals surface area contributed by atoms with Crippen molar-refractivity contribution in [3.8, 4) is 0 Å². The van der Waals surface area contributed by atoms with Gasteiger partial charge in [0.05, 0.1) is 3.74 Å². The van der Waals surface area contributed by atoms with Crippen LogP contribution in [0.2, 0.25) is 0 Å². The summed E-state index contributed by atoms with van der Waals surface area (Å²) in [6, 6.07) is 0. The van der Waals surface area contributed by atoms with Crippen molar-refractivity contribution in [3.63, 3.8) is 0 Å². The first-order valence-corrected chi connectivity index (χ1v) is 9.56. The van der Waals surface area contributed by atoms with Gasteiger partial charge in [-0.05, 0) is 12.8 Å². The van der Waals surface area contributed by atoms with E-state index in [0.29, 0.717) is 3.74 Å². The Morgan fingerprint density at radius 1 is 0.562 bits per heavy atom. The third-order valence-corrected chi connectivity index (χ3v) is 4.28. The molecule has 0 aromatic heterocycles. The number of hydrogen-bond donors (Lipinski definition) is 0. The Balaban J connectivity index is 2.88. The molecule has 0 aliphatic heterocycles. The van der Waals surface area contributed by atoms with Gasteiger partial charge in [0, 0.05) is 5.33 Å². The molecular formula is C13H25Br3. The summed E-state index contributed by atoms with van der Waals surface area (Å²) in [5.41, 5.74) is 0. The van der Waals surface area contributed by atoms with Crippen LogP contribution in [0, 0.1) is 0 Å². The Hall–Kier alpha value is 1.44. The first kappa shape index (κ1) is 17.4. The van der Waals surface area contributed by atoms with Crippen LogP contribution >= 0.6 is 47.8 Å². The van der Waals surface area contributed by atoms with E-state index in [1.807, 2.05) is 0 Å². The molecule has 0 aromatic rings. The van der Waals surface area contributed by atoms with Crippen molar-refractivity contribution in [1.82, 2.24) is 0 Å². The molecule has 0 bridgehead atoms. The normalized spacial score (nSPS) is 11.2. The van der Waals surface area contributed by atoms with Gasteiger partial charge in [0.25, 0.3) is 0 Å². The molecule has 0 unspecified atom stereocenters. The highest BCUT2D eigenvalue weighted by atomic mass is 79.9. The molecule has 0 spiro atoms. The molecule has 0 fully saturated rings. The predicted molar refractivity (Wildman–Crippen MR) is 86.2 cm³/mol. The average Bonchev–Trinajstić information content (AvgIpc) is 2.25. The minimum absolute atomic E-state index is 0.523. The zero-order valence-electron chi connectivity index (χ0n) is 10.2. The Labute approximate surface area is 127 Å². The van der Waals surface area contributed by atoms with Crippen molar-refractivity contribution < 1.29 is 0 Å². The summed E-state index contributed by atoms with van der Waals surface area (Å²) in [4.78, 5) is 0. The fraction of sp³-hybridized carbons (Fsp3) is 1.00. The standard InChI is InChI=1S/C13H25Br3/c14-12-10-8-6-4-2-1-3-5-7-9-11-13(15)16/h13H,1-12H2. The van der Waals surface area contributed by atoms with E-state index < -0.39 is 0 Å². The summed E-state index contributed by atoms with van der Waals surface area (Å²) >= 11 is 10.5. The molecule has 0 N–H and O–H groups in total. The van der Waals surface area contributed by atoms with E-state index in [1.165, 1.54) is 76.0 Å². The van der Waals surface area contributed by atoms with Crippen LogP contribution in [0.25, 0.3) is 0 Å². The second kappa shape index (κ2) is 14.5. The van der Waals surface area contributed by atoms with Crippen LogP contribution in [0.3, 0.4) is 0 Å². The second-order valence-electron chi connectivity index (χ2n) is 4.40. The number of hydrogen-bond acceptors (Lipinski definition) is 0. The number of unbranched alkanes of at least 4 members (excludes halogenated alkanes) is 9. The highest BCUT2D eigenvalue weighted by molar-refractivity contribution is 9.24. The maximum atomic E-state index is 3.51. The zero-order valence-corrected chi connectivity index (χ0v) is 15.0. The molecular weight excluding hydrogens is 396 g/mol. The van der Waals surface area contributed by atoms with Crippen molar-refractivity contribution in [2.45, 2.75) is 74.4 Å². The van der Waals surface area contributed by atoms with Crippen LogP contribution in [0.15, 0.2) is 0 Å². The van der Waals surface area contributed by atoms with Gasteiger partial charge < -0.3 is 0 Å². The molecule has 0 amide bonds. The van der Waals surface area contributed by atoms with Gasteiger partial charge in [-0.1, -0.05) is 106 Å². The summed E-state index contributed by atoms with van der Waals surface area (Å²) in [6.45, 7) is 0. The SMILES string of the molecule is BrCCCCCCCCCCCCC(Br)Br. The third kappa shape index (κ3) is 15.4. The van der Waals surface area contributed by atoms with Crippen molar-refractivity contribution >= 4 is 47.8 Å². The molecule has 98 valence electrons. The first-order chi connectivity index (χ1) is 7.77. The highest BCUT2D eigenvalue weighted by Gasteiger charge is 1.97. The molecule has 0 saturated carbocycles. The van der Waals surface area contributed by atoms with E-state index in [9.17, 15) is 0 Å². The van der Waals surface area contributed by atoms with Crippen molar-refractivity contribution in [2.75, 3.05) is 5.33 Å². The minimum Gasteiger partial charge on any atom is -0.0928 e. The smallest absolute Gasteiger partial charge is 0.0697 e. The van der Waals surface area contributed by atoms with Gasteiger partial charge in [-0.15, -0.1) is 0 Å². The average molecular weight is 421 g/mol. The number of alkyl halides is 3. The molecule has 3 heteroatoms. The molecule has 0 radical (unpaired) electrons. The van der Waals surface area contributed by atoms with E-state index >= 15 is 0 Å². The van der Waals surface area contributed by atoms with Gasteiger partial charge in [-0.3, -0.25) is 0 Å². The third-order valence-electron chi connectivity index (χ3n) is 2.81. The Morgan fingerprint density at radius 3 is 1.31 bits per heavy atom. The fourth-order valence-electron chi connectivity index (χ4n) is 1.81. The van der Waals surface area contributed by atoms with Crippen LogP contribution in [0.1, 0.15) is 70.6 Å². The zero-order chi connectivity index (χ0) is 12.1. The lowest BCUT2D eigenvalue weighted by atomic mass is 10.1. The van der Waals surface area contributed by atoms with Crippen LogP contribution in [-0.4, -0.2) is 9.07 Å². The van der Waals surface area contributed by atoms with E-state index in [2.05, 4.69) is 47.8 Å². The Morgan fingerprint density at radius 2 is 0.938 bits per heavy atom. The van der Waals surface area contributed by atoms with Gasteiger partial charge in [-0.2, -0.15) is 0 Å². The summed E-state index contributed by atoms with van der Waals surface area (Å²) in [6.07, 6.45) is 15.4. The minimum atomic E-state index is 0.523. The molecule has 0 aromatic carbocycles. The molecule has 0 aliphatic rings. The van der Waals surface area contributed by atoms with Gasteiger partial charge in [0.2, 0.25) is 0 Å².